The van der Waals surface area contributed by atoms with Crippen molar-refractivity contribution in [1.29, 1.82) is 5.26 Å². The average Bonchev–Trinajstić information content (AvgIpc) is 2.54. The number of hydrogen-bond donors (Lipinski definition) is 1. The number of para-hydroxylation sites is 1. The largest absolute Gasteiger partial charge is 0.496 e. The zero-order chi connectivity index (χ0) is 15.9. The van der Waals surface area contributed by atoms with E-state index in [2.05, 4.69) is 35.2 Å². The van der Waals surface area contributed by atoms with Crippen LogP contribution < -0.4 is 10.1 Å². The molecule has 1 aromatic carbocycles. The molecule has 0 bridgehead atoms. The number of ether oxygens (including phenoxy) is 1. The van der Waals surface area contributed by atoms with E-state index in [0.717, 1.165) is 17.7 Å². The molecule has 0 saturated carbocycles. The molecule has 1 unspecified atom stereocenters. The summed E-state index contributed by atoms with van der Waals surface area (Å²) in [5.41, 5.74) is 1.40. The van der Waals surface area contributed by atoms with Crippen molar-refractivity contribution in [3.05, 3.63) is 47.9 Å². The first-order valence-corrected chi connectivity index (χ1v) is 7.25. The molecule has 1 heterocycles. The van der Waals surface area contributed by atoms with Crippen molar-refractivity contribution in [2.75, 3.05) is 12.4 Å². The van der Waals surface area contributed by atoms with Crippen LogP contribution in [0.2, 0.25) is 0 Å². The topological polar surface area (TPSA) is 70.8 Å². The van der Waals surface area contributed by atoms with Gasteiger partial charge in [0.05, 0.1) is 25.5 Å². The van der Waals surface area contributed by atoms with Crippen molar-refractivity contribution in [3.63, 3.8) is 0 Å². The Morgan fingerprint density at radius 3 is 2.59 bits per heavy atom. The van der Waals surface area contributed by atoms with Gasteiger partial charge in [-0.1, -0.05) is 32.0 Å². The lowest BCUT2D eigenvalue weighted by Crippen LogP contribution is -2.15. The van der Waals surface area contributed by atoms with Crippen molar-refractivity contribution in [2.45, 2.75) is 26.3 Å². The van der Waals surface area contributed by atoms with E-state index in [-0.39, 0.29) is 6.04 Å². The minimum Gasteiger partial charge on any atom is -0.496 e. The minimum atomic E-state index is 0.0679. The molecule has 0 radical (unpaired) electrons. The maximum atomic E-state index is 8.79. The van der Waals surface area contributed by atoms with E-state index in [1.807, 2.05) is 24.3 Å². The molecule has 5 heteroatoms. The molecule has 2 aromatic rings. The maximum Gasteiger partial charge on any atom is 0.158 e. The summed E-state index contributed by atoms with van der Waals surface area (Å²) in [6.45, 7) is 4.35. The first-order valence-electron chi connectivity index (χ1n) is 7.25. The van der Waals surface area contributed by atoms with Crippen LogP contribution in [0.1, 0.15) is 37.6 Å². The van der Waals surface area contributed by atoms with Crippen LogP contribution in [0.5, 0.6) is 5.75 Å². The molecule has 0 spiro atoms. The predicted molar refractivity (Wildman–Crippen MR) is 85.6 cm³/mol. The van der Waals surface area contributed by atoms with E-state index in [1.54, 1.807) is 13.3 Å². The SMILES string of the molecule is COc1ccccc1C(CC(C)C)Nc1cnc(C#N)cn1. The zero-order valence-electron chi connectivity index (χ0n) is 13.1. The van der Waals surface area contributed by atoms with Crippen LogP contribution in [0.4, 0.5) is 5.82 Å². The van der Waals surface area contributed by atoms with Gasteiger partial charge in [-0.15, -0.1) is 0 Å². The Balaban J connectivity index is 2.27. The molecule has 114 valence electrons. The minimum absolute atomic E-state index is 0.0679. The van der Waals surface area contributed by atoms with Crippen LogP contribution in [0.25, 0.3) is 0 Å². The van der Waals surface area contributed by atoms with E-state index in [0.29, 0.717) is 17.4 Å². The smallest absolute Gasteiger partial charge is 0.158 e. The van der Waals surface area contributed by atoms with Gasteiger partial charge in [-0.3, -0.25) is 0 Å². The van der Waals surface area contributed by atoms with E-state index in [4.69, 9.17) is 10.00 Å². The quantitative estimate of drug-likeness (QED) is 0.882. The molecule has 0 aliphatic heterocycles. The van der Waals surface area contributed by atoms with Gasteiger partial charge in [0.25, 0.3) is 0 Å². The Labute approximate surface area is 131 Å². The lowest BCUT2D eigenvalue weighted by molar-refractivity contribution is 0.402. The molecule has 0 aliphatic rings. The number of rotatable bonds is 6. The molecule has 1 aromatic heterocycles. The van der Waals surface area contributed by atoms with Crippen molar-refractivity contribution in [1.82, 2.24) is 9.97 Å². The fraction of sp³-hybridized carbons (Fsp3) is 0.353. The van der Waals surface area contributed by atoms with Gasteiger partial charge in [0.1, 0.15) is 17.6 Å². The van der Waals surface area contributed by atoms with Crippen LogP contribution in [-0.4, -0.2) is 17.1 Å². The third-order valence-electron chi connectivity index (χ3n) is 3.31. The van der Waals surface area contributed by atoms with Crippen molar-refractivity contribution < 1.29 is 4.74 Å². The fourth-order valence-corrected chi connectivity index (χ4v) is 2.33. The van der Waals surface area contributed by atoms with Crippen molar-refractivity contribution in [3.8, 4) is 11.8 Å². The first kappa shape index (κ1) is 15.8. The second-order valence-corrected chi connectivity index (χ2v) is 5.47. The van der Waals surface area contributed by atoms with Crippen molar-refractivity contribution in [2.24, 2.45) is 5.92 Å². The molecule has 0 amide bonds. The van der Waals surface area contributed by atoms with Crippen LogP contribution in [0.15, 0.2) is 36.7 Å². The third kappa shape index (κ3) is 3.95. The number of nitrogens with zero attached hydrogens (tertiary/aromatic N) is 3. The maximum absolute atomic E-state index is 8.79. The highest BCUT2D eigenvalue weighted by molar-refractivity contribution is 5.43. The van der Waals surface area contributed by atoms with Crippen LogP contribution in [0, 0.1) is 17.2 Å². The molecule has 22 heavy (non-hydrogen) atoms. The second kappa shape index (κ2) is 7.41. The Hall–Kier alpha value is -2.61. The summed E-state index contributed by atoms with van der Waals surface area (Å²) >= 11 is 0. The molecule has 0 fully saturated rings. The van der Waals surface area contributed by atoms with Gasteiger partial charge in [-0.05, 0) is 18.4 Å². The summed E-state index contributed by atoms with van der Waals surface area (Å²) in [6.07, 6.45) is 3.99. The highest BCUT2D eigenvalue weighted by atomic mass is 16.5. The summed E-state index contributed by atoms with van der Waals surface area (Å²) in [5, 5.41) is 12.2. The molecular formula is C17H20N4O. The number of aromatic nitrogens is 2. The molecule has 0 saturated heterocycles. The van der Waals surface area contributed by atoms with E-state index in [1.165, 1.54) is 6.20 Å². The molecule has 1 atom stereocenters. The third-order valence-corrected chi connectivity index (χ3v) is 3.31. The summed E-state index contributed by atoms with van der Waals surface area (Å²) in [5.74, 6) is 2.01. The number of hydrogen-bond acceptors (Lipinski definition) is 5. The Bertz CT molecular complexity index is 646. The summed E-state index contributed by atoms with van der Waals surface area (Å²) in [4.78, 5) is 8.29. The lowest BCUT2D eigenvalue weighted by Gasteiger charge is -2.23. The highest BCUT2D eigenvalue weighted by Crippen LogP contribution is 2.31. The average molecular weight is 296 g/mol. The van der Waals surface area contributed by atoms with Gasteiger partial charge in [0.2, 0.25) is 0 Å². The molecule has 2 rings (SSSR count). The Morgan fingerprint density at radius 1 is 1.23 bits per heavy atom. The summed E-state index contributed by atoms with van der Waals surface area (Å²) < 4.78 is 5.46. The number of anilines is 1. The van der Waals surface area contributed by atoms with Gasteiger partial charge in [0, 0.05) is 5.56 Å². The number of nitriles is 1. The second-order valence-electron chi connectivity index (χ2n) is 5.47. The van der Waals surface area contributed by atoms with Crippen LogP contribution in [0.3, 0.4) is 0 Å². The fourth-order valence-electron chi connectivity index (χ4n) is 2.33. The molecule has 5 nitrogen and oxygen atoms in total. The number of methoxy groups -OCH3 is 1. The van der Waals surface area contributed by atoms with E-state index < -0.39 is 0 Å². The van der Waals surface area contributed by atoms with Gasteiger partial charge < -0.3 is 10.1 Å². The van der Waals surface area contributed by atoms with Gasteiger partial charge in [-0.2, -0.15) is 5.26 Å². The normalized spacial score (nSPS) is 11.8. The van der Waals surface area contributed by atoms with Gasteiger partial charge in [-0.25, -0.2) is 9.97 Å². The van der Waals surface area contributed by atoms with Crippen molar-refractivity contribution >= 4 is 5.82 Å². The lowest BCUT2D eigenvalue weighted by atomic mass is 9.96. The molecule has 1 N–H and O–H groups in total. The van der Waals surface area contributed by atoms with Gasteiger partial charge >= 0.3 is 0 Å². The number of nitrogens with one attached hydrogen (secondary N) is 1. The molecule has 0 aliphatic carbocycles. The van der Waals surface area contributed by atoms with E-state index >= 15 is 0 Å². The highest BCUT2D eigenvalue weighted by Gasteiger charge is 2.17. The summed E-state index contributed by atoms with van der Waals surface area (Å²) in [6, 6.07) is 9.99. The zero-order valence-corrected chi connectivity index (χ0v) is 13.1. The van der Waals surface area contributed by atoms with E-state index in [9.17, 15) is 0 Å². The van der Waals surface area contributed by atoms with Crippen LogP contribution >= 0.6 is 0 Å². The first-order chi connectivity index (χ1) is 10.6. The Kier molecular flexibility index (Phi) is 5.31. The number of benzene rings is 1. The van der Waals surface area contributed by atoms with Gasteiger partial charge in [0.15, 0.2) is 5.69 Å². The molecular weight excluding hydrogens is 276 g/mol. The summed E-state index contributed by atoms with van der Waals surface area (Å²) in [7, 11) is 1.67. The monoisotopic (exact) mass is 296 g/mol. The van der Waals surface area contributed by atoms with Crippen LogP contribution in [-0.2, 0) is 0 Å². The predicted octanol–water partition coefficient (Wildman–Crippen LogP) is 3.56. The Morgan fingerprint density at radius 2 is 2.00 bits per heavy atom. The standard InChI is InChI=1S/C17H20N4O/c1-12(2)8-15(14-6-4-5-7-16(14)22-3)21-17-11-19-13(9-18)10-20-17/h4-7,10-12,15H,8H2,1-3H3,(H,20,21).